The van der Waals surface area contributed by atoms with Crippen LogP contribution in [0.15, 0.2) is 29.4 Å². The second-order valence-corrected chi connectivity index (χ2v) is 2.67. The van der Waals surface area contributed by atoms with Gasteiger partial charge in [0, 0.05) is 12.1 Å². The molecule has 64 valence electrons. The van der Waals surface area contributed by atoms with E-state index in [0.29, 0.717) is 6.42 Å². The highest BCUT2D eigenvalue weighted by Gasteiger charge is 1.96. The van der Waals surface area contributed by atoms with Gasteiger partial charge in [-0.15, -0.1) is 0 Å². The minimum atomic E-state index is -0.225. The first-order valence-corrected chi connectivity index (χ1v) is 3.70. The van der Waals surface area contributed by atoms with Crippen LogP contribution in [-0.4, -0.2) is 5.71 Å². The van der Waals surface area contributed by atoms with Crippen LogP contribution < -0.4 is 5.84 Å². The van der Waals surface area contributed by atoms with Crippen molar-refractivity contribution in [3.05, 3.63) is 35.6 Å². The van der Waals surface area contributed by atoms with E-state index in [1.165, 1.54) is 12.1 Å². The Morgan fingerprint density at radius 3 is 2.92 bits per heavy atom. The Kier molecular flexibility index (Phi) is 2.80. The van der Waals surface area contributed by atoms with Gasteiger partial charge < -0.3 is 5.84 Å². The Hall–Kier alpha value is -1.38. The molecule has 0 aromatic heterocycles. The van der Waals surface area contributed by atoms with Gasteiger partial charge in [0.2, 0.25) is 0 Å². The number of rotatable bonds is 2. The van der Waals surface area contributed by atoms with Gasteiger partial charge in [0.05, 0.1) is 0 Å². The van der Waals surface area contributed by atoms with Crippen molar-refractivity contribution >= 4 is 5.71 Å². The molecule has 0 saturated carbocycles. The van der Waals surface area contributed by atoms with Gasteiger partial charge >= 0.3 is 0 Å². The van der Waals surface area contributed by atoms with E-state index in [4.69, 9.17) is 5.84 Å². The van der Waals surface area contributed by atoms with E-state index in [-0.39, 0.29) is 5.82 Å². The molecule has 12 heavy (non-hydrogen) atoms. The molecule has 1 aromatic carbocycles. The van der Waals surface area contributed by atoms with Crippen LogP contribution in [0.5, 0.6) is 0 Å². The van der Waals surface area contributed by atoms with Crippen molar-refractivity contribution in [2.24, 2.45) is 10.9 Å². The minimum Gasteiger partial charge on any atom is -0.323 e. The summed E-state index contributed by atoms with van der Waals surface area (Å²) in [5, 5.41) is 3.51. The summed E-state index contributed by atoms with van der Waals surface area (Å²) in [6.45, 7) is 1.81. The van der Waals surface area contributed by atoms with E-state index in [0.717, 1.165) is 11.3 Å². The van der Waals surface area contributed by atoms with Crippen LogP contribution in [0, 0.1) is 5.82 Å². The van der Waals surface area contributed by atoms with Crippen LogP contribution in [0.2, 0.25) is 0 Å². The largest absolute Gasteiger partial charge is 0.323 e. The number of benzene rings is 1. The Morgan fingerprint density at radius 1 is 1.58 bits per heavy atom. The number of nitrogens with two attached hydrogens (primary N) is 1. The smallest absolute Gasteiger partial charge is 0.123 e. The lowest BCUT2D eigenvalue weighted by molar-refractivity contribution is 0.626. The maximum absolute atomic E-state index is 12.7. The fourth-order valence-electron chi connectivity index (χ4n) is 0.988. The first kappa shape index (κ1) is 8.71. The van der Waals surface area contributed by atoms with Gasteiger partial charge in [-0.1, -0.05) is 12.1 Å². The molecule has 1 aromatic rings. The van der Waals surface area contributed by atoms with Gasteiger partial charge in [0.15, 0.2) is 0 Å². The number of hydrogen-bond acceptors (Lipinski definition) is 2. The SMILES string of the molecule is C/C(Cc1cccc(F)c1)=N/N. The average Bonchev–Trinajstić information content (AvgIpc) is 2.04. The van der Waals surface area contributed by atoms with Crippen LogP contribution in [0.3, 0.4) is 0 Å². The average molecular weight is 166 g/mol. The summed E-state index contributed by atoms with van der Waals surface area (Å²) in [7, 11) is 0. The van der Waals surface area contributed by atoms with Crippen molar-refractivity contribution in [2.45, 2.75) is 13.3 Å². The fourth-order valence-corrected chi connectivity index (χ4v) is 0.988. The van der Waals surface area contributed by atoms with Crippen LogP contribution in [0.1, 0.15) is 12.5 Å². The quantitative estimate of drug-likeness (QED) is 0.405. The van der Waals surface area contributed by atoms with Crippen molar-refractivity contribution in [3.8, 4) is 0 Å². The molecule has 0 bridgehead atoms. The second-order valence-electron chi connectivity index (χ2n) is 2.67. The zero-order chi connectivity index (χ0) is 8.97. The summed E-state index contributed by atoms with van der Waals surface area (Å²) < 4.78 is 12.7. The third kappa shape index (κ3) is 2.34. The Labute approximate surface area is 70.9 Å². The fraction of sp³-hybridized carbons (Fsp3) is 0.222. The lowest BCUT2D eigenvalue weighted by Gasteiger charge is -1.98. The maximum atomic E-state index is 12.7. The highest BCUT2D eigenvalue weighted by Crippen LogP contribution is 2.04. The molecule has 0 heterocycles. The van der Waals surface area contributed by atoms with Crippen LogP contribution in [-0.2, 0) is 6.42 Å². The molecule has 0 fully saturated rings. The molecule has 0 aliphatic carbocycles. The summed E-state index contributed by atoms with van der Waals surface area (Å²) >= 11 is 0. The van der Waals surface area contributed by atoms with E-state index < -0.39 is 0 Å². The summed E-state index contributed by atoms with van der Waals surface area (Å²) in [5.41, 5.74) is 1.68. The van der Waals surface area contributed by atoms with Crippen LogP contribution in [0.4, 0.5) is 4.39 Å². The molecule has 0 saturated heterocycles. The highest BCUT2D eigenvalue weighted by molar-refractivity contribution is 5.83. The minimum absolute atomic E-state index is 0.225. The molecule has 0 atom stereocenters. The predicted molar refractivity (Wildman–Crippen MR) is 47.4 cm³/mol. The molecule has 0 unspecified atom stereocenters. The maximum Gasteiger partial charge on any atom is 0.123 e. The van der Waals surface area contributed by atoms with E-state index in [1.807, 2.05) is 13.0 Å². The number of halogens is 1. The molecule has 2 N–H and O–H groups in total. The van der Waals surface area contributed by atoms with Crippen molar-refractivity contribution in [2.75, 3.05) is 0 Å². The zero-order valence-corrected chi connectivity index (χ0v) is 6.92. The Balaban J connectivity index is 2.76. The summed E-state index contributed by atoms with van der Waals surface area (Å²) in [6, 6.07) is 6.42. The molecule has 1 rings (SSSR count). The number of hydrogen-bond donors (Lipinski definition) is 1. The van der Waals surface area contributed by atoms with Gasteiger partial charge in [0.1, 0.15) is 5.82 Å². The lowest BCUT2D eigenvalue weighted by atomic mass is 10.1. The standard InChI is InChI=1S/C9H11FN2/c1-7(12-11)5-8-3-2-4-9(10)6-8/h2-4,6H,5,11H2,1H3/b12-7-. The number of hydrazone groups is 1. The first-order chi connectivity index (χ1) is 5.72. The van der Waals surface area contributed by atoms with Crippen molar-refractivity contribution in [3.63, 3.8) is 0 Å². The highest BCUT2D eigenvalue weighted by atomic mass is 19.1. The molecular weight excluding hydrogens is 155 g/mol. The summed E-state index contributed by atoms with van der Waals surface area (Å²) in [4.78, 5) is 0. The normalized spacial score (nSPS) is 11.7. The van der Waals surface area contributed by atoms with Crippen molar-refractivity contribution in [1.29, 1.82) is 0 Å². The Morgan fingerprint density at radius 2 is 2.33 bits per heavy atom. The Bertz CT molecular complexity index is 294. The van der Waals surface area contributed by atoms with Gasteiger partial charge in [-0.05, 0) is 24.6 Å². The monoisotopic (exact) mass is 166 g/mol. The molecule has 0 aliphatic rings. The predicted octanol–water partition coefficient (Wildman–Crippen LogP) is 1.70. The van der Waals surface area contributed by atoms with Gasteiger partial charge in [-0.3, -0.25) is 0 Å². The third-order valence-corrected chi connectivity index (χ3v) is 1.57. The first-order valence-electron chi connectivity index (χ1n) is 3.70. The molecule has 0 aliphatic heterocycles. The van der Waals surface area contributed by atoms with Gasteiger partial charge in [-0.25, -0.2) is 4.39 Å². The van der Waals surface area contributed by atoms with E-state index in [9.17, 15) is 4.39 Å². The molecular formula is C9H11FN2. The summed E-state index contributed by atoms with van der Waals surface area (Å²) in [6.07, 6.45) is 0.605. The second kappa shape index (κ2) is 3.85. The van der Waals surface area contributed by atoms with Crippen LogP contribution >= 0.6 is 0 Å². The zero-order valence-electron chi connectivity index (χ0n) is 6.92. The molecule has 3 heteroatoms. The summed E-state index contributed by atoms with van der Waals surface area (Å²) in [5.74, 6) is 4.83. The molecule has 2 nitrogen and oxygen atoms in total. The lowest BCUT2D eigenvalue weighted by Crippen LogP contribution is -2.00. The van der Waals surface area contributed by atoms with Crippen LogP contribution in [0.25, 0.3) is 0 Å². The third-order valence-electron chi connectivity index (χ3n) is 1.57. The molecule has 0 amide bonds. The number of nitrogens with zero attached hydrogens (tertiary/aromatic N) is 1. The van der Waals surface area contributed by atoms with E-state index in [1.54, 1.807) is 6.07 Å². The molecule has 0 spiro atoms. The topological polar surface area (TPSA) is 38.4 Å². The molecule has 0 radical (unpaired) electrons. The van der Waals surface area contributed by atoms with Gasteiger partial charge in [-0.2, -0.15) is 5.10 Å². The van der Waals surface area contributed by atoms with Crippen molar-refractivity contribution in [1.82, 2.24) is 0 Å². The van der Waals surface area contributed by atoms with E-state index in [2.05, 4.69) is 5.10 Å². The van der Waals surface area contributed by atoms with Gasteiger partial charge in [0.25, 0.3) is 0 Å². The van der Waals surface area contributed by atoms with E-state index >= 15 is 0 Å². The van der Waals surface area contributed by atoms with Crippen molar-refractivity contribution < 1.29 is 4.39 Å².